The fraction of sp³-hybridized carbons (Fsp3) is 0.111. The summed E-state index contributed by atoms with van der Waals surface area (Å²) in [6, 6.07) is 7.69. The highest BCUT2D eigenvalue weighted by Gasteiger charge is 1.97. The lowest BCUT2D eigenvalue weighted by Gasteiger charge is -2.12. The number of thiocarbonyl (C=S) groups is 2. The predicted molar refractivity (Wildman–Crippen MR) is 78.3 cm³/mol. The van der Waals surface area contributed by atoms with Crippen LogP contribution in [0.4, 0.5) is 5.69 Å². The third-order valence-corrected chi connectivity index (χ3v) is 2.60. The molecule has 4 nitrogen and oxygen atoms in total. The van der Waals surface area contributed by atoms with Crippen LogP contribution in [-0.4, -0.2) is 17.3 Å². The highest BCUT2D eigenvalue weighted by molar-refractivity contribution is 9.10. The van der Waals surface area contributed by atoms with E-state index in [1.54, 1.807) is 7.05 Å². The molecule has 0 saturated heterocycles. The Labute approximate surface area is 113 Å². The average Bonchev–Trinajstić information content (AvgIpc) is 2.26. The summed E-state index contributed by atoms with van der Waals surface area (Å²) in [6.45, 7) is 0. The summed E-state index contributed by atoms with van der Waals surface area (Å²) in [5.74, 6) is 0. The van der Waals surface area contributed by atoms with Gasteiger partial charge in [-0.2, -0.15) is 0 Å². The number of benzene rings is 1. The molecule has 0 aliphatic heterocycles. The molecule has 0 aliphatic carbocycles. The van der Waals surface area contributed by atoms with Gasteiger partial charge in [0.1, 0.15) is 0 Å². The lowest BCUT2D eigenvalue weighted by molar-refractivity contribution is 0.853. The van der Waals surface area contributed by atoms with Gasteiger partial charge in [0.05, 0.1) is 0 Å². The summed E-state index contributed by atoms with van der Waals surface area (Å²) in [5.41, 5.74) is 6.37. The Hall–Kier alpha value is -0.920. The second-order valence-corrected chi connectivity index (χ2v) is 4.53. The maximum absolute atomic E-state index is 5.06. The lowest BCUT2D eigenvalue weighted by Crippen LogP contribution is -2.47. The Balaban J connectivity index is 2.43. The molecule has 1 aromatic rings. The van der Waals surface area contributed by atoms with E-state index in [1.807, 2.05) is 24.3 Å². The Morgan fingerprint density at radius 2 is 1.88 bits per heavy atom. The van der Waals surface area contributed by atoms with Crippen molar-refractivity contribution in [1.82, 2.24) is 16.2 Å². The second kappa shape index (κ2) is 6.62. The third-order valence-electron chi connectivity index (χ3n) is 1.60. The molecule has 4 N–H and O–H groups in total. The van der Waals surface area contributed by atoms with E-state index < -0.39 is 0 Å². The van der Waals surface area contributed by atoms with Crippen molar-refractivity contribution in [1.29, 1.82) is 0 Å². The number of anilines is 1. The van der Waals surface area contributed by atoms with Gasteiger partial charge in [-0.3, -0.25) is 10.9 Å². The molecule has 0 amide bonds. The van der Waals surface area contributed by atoms with Gasteiger partial charge in [-0.15, -0.1) is 0 Å². The largest absolute Gasteiger partial charge is 0.364 e. The van der Waals surface area contributed by atoms with Gasteiger partial charge >= 0.3 is 0 Å². The van der Waals surface area contributed by atoms with E-state index in [0.29, 0.717) is 10.2 Å². The van der Waals surface area contributed by atoms with Crippen molar-refractivity contribution in [3.05, 3.63) is 28.7 Å². The monoisotopic (exact) mass is 318 g/mol. The van der Waals surface area contributed by atoms with Crippen LogP contribution in [0.1, 0.15) is 0 Å². The molecule has 0 radical (unpaired) electrons. The Kier molecular flexibility index (Phi) is 5.44. The summed E-state index contributed by atoms with van der Waals surface area (Å²) in [4.78, 5) is 0. The third kappa shape index (κ3) is 4.73. The zero-order valence-electron chi connectivity index (χ0n) is 8.50. The lowest BCUT2D eigenvalue weighted by atomic mass is 10.3. The quantitative estimate of drug-likeness (QED) is 0.467. The fourth-order valence-corrected chi connectivity index (χ4v) is 1.52. The topological polar surface area (TPSA) is 48.1 Å². The minimum Gasteiger partial charge on any atom is -0.364 e. The number of halogens is 1. The fourth-order valence-electron chi connectivity index (χ4n) is 0.905. The molecule has 0 aromatic heterocycles. The van der Waals surface area contributed by atoms with E-state index >= 15 is 0 Å². The molecule has 0 unspecified atom stereocenters. The van der Waals surface area contributed by atoms with E-state index in [4.69, 9.17) is 24.4 Å². The predicted octanol–water partition coefficient (Wildman–Crippen LogP) is 1.74. The highest BCUT2D eigenvalue weighted by atomic mass is 79.9. The normalized spacial score (nSPS) is 9.12. The minimum absolute atomic E-state index is 0.440. The molecule has 7 heteroatoms. The van der Waals surface area contributed by atoms with Gasteiger partial charge in [0.15, 0.2) is 10.2 Å². The van der Waals surface area contributed by atoms with Crippen LogP contribution in [0, 0.1) is 0 Å². The highest BCUT2D eigenvalue weighted by Crippen LogP contribution is 2.15. The molecule has 0 bridgehead atoms. The van der Waals surface area contributed by atoms with Crippen molar-refractivity contribution >= 4 is 56.3 Å². The molecule has 0 aliphatic rings. The van der Waals surface area contributed by atoms with Crippen LogP contribution < -0.4 is 21.5 Å². The minimum atomic E-state index is 0.440. The van der Waals surface area contributed by atoms with Gasteiger partial charge in [-0.1, -0.05) is 22.0 Å². The van der Waals surface area contributed by atoms with Crippen molar-refractivity contribution in [2.45, 2.75) is 0 Å². The molecule has 86 valence electrons. The van der Waals surface area contributed by atoms with Gasteiger partial charge < -0.3 is 10.6 Å². The first-order valence-electron chi connectivity index (χ1n) is 4.42. The summed E-state index contributed by atoms with van der Waals surface area (Å²) in [5, 5.41) is 6.67. The van der Waals surface area contributed by atoms with Crippen molar-refractivity contribution in [2.75, 3.05) is 12.4 Å². The van der Waals surface area contributed by atoms with E-state index in [1.165, 1.54) is 0 Å². The van der Waals surface area contributed by atoms with Crippen molar-refractivity contribution in [3.63, 3.8) is 0 Å². The SMILES string of the molecule is CNC(=S)NNC(=S)Nc1cccc(Br)c1. The molecular weight excluding hydrogens is 308 g/mol. The Morgan fingerprint density at radius 1 is 1.19 bits per heavy atom. The van der Waals surface area contributed by atoms with Crippen LogP contribution in [0.25, 0.3) is 0 Å². The number of hydrogen-bond acceptors (Lipinski definition) is 2. The molecule has 0 fully saturated rings. The molecule has 0 heterocycles. The Morgan fingerprint density at radius 3 is 2.50 bits per heavy atom. The van der Waals surface area contributed by atoms with Crippen molar-refractivity contribution in [2.24, 2.45) is 0 Å². The molecule has 0 spiro atoms. The van der Waals surface area contributed by atoms with Gasteiger partial charge in [0.2, 0.25) is 0 Å². The molecule has 0 saturated carbocycles. The first kappa shape index (κ1) is 13.1. The average molecular weight is 319 g/mol. The van der Waals surface area contributed by atoms with Crippen LogP contribution in [0.2, 0.25) is 0 Å². The van der Waals surface area contributed by atoms with Crippen LogP contribution in [0.5, 0.6) is 0 Å². The molecule has 1 rings (SSSR count). The molecule has 16 heavy (non-hydrogen) atoms. The maximum Gasteiger partial charge on any atom is 0.189 e. The van der Waals surface area contributed by atoms with Gasteiger partial charge in [0, 0.05) is 17.2 Å². The van der Waals surface area contributed by atoms with E-state index in [-0.39, 0.29) is 0 Å². The zero-order chi connectivity index (χ0) is 12.0. The summed E-state index contributed by atoms with van der Waals surface area (Å²) < 4.78 is 0.985. The number of hydrazine groups is 1. The summed E-state index contributed by atoms with van der Waals surface area (Å²) in [6.07, 6.45) is 0. The number of hydrogen-bond donors (Lipinski definition) is 4. The van der Waals surface area contributed by atoms with Crippen LogP contribution in [0.15, 0.2) is 28.7 Å². The van der Waals surface area contributed by atoms with Crippen molar-refractivity contribution in [3.8, 4) is 0 Å². The van der Waals surface area contributed by atoms with Crippen LogP contribution in [-0.2, 0) is 0 Å². The smallest absolute Gasteiger partial charge is 0.189 e. The molecular formula is C9H11BrN4S2. The van der Waals surface area contributed by atoms with Crippen LogP contribution in [0.3, 0.4) is 0 Å². The maximum atomic E-state index is 5.06. The number of nitrogens with one attached hydrogen (secondary N) is 4. The number of rotatable bonds is 1. The first-order chi connectivity index (χ1) is 7.61. The van der Waals surface area contributed by atoms with Gasteiger partial charge in [-0.05, 0) is 42.6 Å². The van der Waals surface area contributed by atoms with Gasteiger partial charge in [0.25, 0.3) is 0 Å². The molecule has 1 aromatic carbocycles. The second-order valence-electron chi connectivity index (χ2n) is 2.79. The summed E-state index contributed by atoms with van der Waals surface area (Å²) >= 11 is 13.3. The van der Waals surface area contributed by atoms with Gasteiger partial charge in [-0.25, -0.2) is 0 Å². The molecule has 0 atom stereocenters. The van der Waals surface area contributed by atoms with Crippen molar-refractivity contribution < 1.29 is 0 Å². The van der Waals surface area contributed by atoms with E-state index in [9.17, 15) is 0 Å². The first-order valence-corrected chi connectivity index (χ1v) is 6.03. The van der Waals surface area contributed by atoms with E-state index in [0.717, 1.165) is 10.2 Å². The summed E-state index contributed by atoms with van der Waals surface area (Å²) in [7, 11) is 1.72. The zero-order valence-corrected chi connectivity index (χ0v) is 11.7. The van der Waals surface area contributed by atoms with Crippen LogP contribution >= 0.6 is 40.4 Å². The van der Waals surface area contributed by atoms with E-state index in [2.05, 4.69) is 37.4 Å². The Bertz CT molecular complexity index is 397. The standard InChI is InChI=1S/C9H11BrN4S2/c1-11-8(15)13-14-9(16)12-7-4-2-3-6(10)5-7/h2-5H,1H3,(H2,11,13,15)(H2,12,14,16).